The van der Waals surface area contributed by atoms with Crippen LogP contribution in [0, 0.1) is 18.6 Å². The number of hydrogen-bond donors (Lipinski definition) is 1. The van der Waals surface area contributed by atoms with E-state index >= 15 is 0 Å². The van der Waals surface area contributed by atoms with Crippen molar-refractivity contribution in [3.05, 3.63) is 63.7 Å². The summed E-state index contributed by atoms with van der Waals surface area (Å²) < 4.78 is 33.2. The molecule has 0 aliphatic carbocycles. The summed E-state index contributed by atoms with van der Waals surface area (Å²) >= 11 is 5.87. The molecule has 0 amide bonds. The molecule has 0 heterocycles. The summed E-state index contributed by atoms with van der Waals surface area (Å²) in [4.78, 5) is 0. The van der Waals surface area contributed by atoms with Gasteiger partial charge < -0.3 is 10.5 Å². The molecule has 2 aromatic carbocycles. The molecular weight excluding hydrogens is 284 g/mol. The van der Waals surface area contributed by atoms with Crippen molar-refractivity contribution < 1.29 is 13.5 Å². The number of methoxy groups -OCH3 is 1. The Bertz CT molecular complexity index is 646. The molecule has 106 valence electrons. The Balaban J connectivity index is 2.57. The zero-order valence-corrected chi connectivity index (χ0v) is 11.8. The Labute approximate surface area is 121 Å². The first kappa shape index (κ1) is 14.8. The standard InChI is InChI=1S/C15H14ClF2NO/c1-8-3-6-11(17)13(14(8)18)15(19)10-5-4-9(16)7-12(10)20-2/h3-7,15H,19H2,1-2H3. The Hall–Kier alpha value is -1.65. The minimum atomic E-state index is -0.970. The van der Waals surface area contributed by atoms with Gasteiger partial charge in [-0.3, -0.25) is 0 Å². The SMILES string of the molecule is COc1cc(Cl)ccc1C(N)c1c(F)ccc(C)c1F. The average molecular weight is 298 g/mol. The molecule has 0 saturated carbocycles. The Morgan fingerprint density at radius 1 is 1.20 bits per heavy atom. The first-order valence-corrected chi connectivity index (χ1v) is 6.37. The second kappa shape index (κ2) is 5.77. The lowest BCUT2D eigenvalue weighted by atomic mass is 9.96. The molecule has 1 atom stereocenters. The minimum Gasteiger partial charge on any atom is -0.496 e. The molecule has 0 aliphatic heterocycles. The quantitative estimate of drug-likeness (QED) is 0.930. The van der Waals surface area contributed by atoms with Crippen LogP contribution in [0.3, 0.4) is 0 Å². The third kappa shape index (κ3) is 2.62. The van der Waals surface area contributed by atoms with Gasteiger partial charge in [-0.2, -0.15) is 0 Å². The molecule has 0 radical (unpaired) electrons. The summed E-state index contributed by atoms with van der Waals surface area (Å²) in [6, 6.07) is 6.37. The van der Waals surface area contributed by atoms with Crippen LogP contribution in [0.1, 0.15) is 22.7 Å². The van der Waals surface area contributed by atoms with Gasteiger partial charge in [-0.1, -0.05) is 23.7 Å². The van der Waals surface area contributed by atoms with Gasteiger partial charge in [0.1, 0.15) is 17.4 Å². The topological polar surface area (TPSA) is 35.2 Å². The summed E-state index contributed by atoms with van der Waals surface area (Å²) in [6.07, 6.45) is 0. The fraction of sp³-hybridized carbons (Fsp3) is 0.200. The highest BCUT2D eigenvalue weighted by atomic mass is 35.5. The van der Waals surface area contributed by atoms with Crippen LogP contribution in [-0.2, 0) is 0 Å². The van der Waals surface area contributed by atoms with Gasteiger partial charge in [-0.25, -0.2) is 8.78 Å². The van der Waals surface area contributed by atoms with E-state index in [4.69, 9.17) is 22.1 Å². The molecule has 2 rings (SSSR count). The number of nitrogens with two attached hydrogens (primary N) is 1. The zero-order chi connectivity index (χ0) is 14.9. The van der Waals surface area contributed by atoms with Gasteiger partial charge in [0, 0.05) is 16.1 Å². The van der Waals surface area contributed by atoms with Crippen LogP contribution in [0.2, 0.25) is 5.02 Å². The lowest BCUT2D eigenvalue weighted by Gasteiger charge is -2.18. The molecule has 5 heteroatoms. The van der Waals surface area contributed by atoms with Crippen molar-refractivity contribution in [1.82, 2.24) is 0 Å². The minimum absolute atomic E-state index is 0.175. The van der Waals surface area contributed by atoms with Gasteiger partial charge in [0.2, 0.25) is 0 Å². The highest BCUT2D eigenvalue weighted by Gasteiger charge is 2.22. The van der Waals surface area contributed by atoms with Crippen LogP contribution in [-0.4, -0.2) is 7.11 Å². The Kier molecular flexibility index (Phi) is 4.26. The van der Waals surface area contributed by atoms with Crippen LogP contribution in [0.5, 0.6) is 5.75 Å². The number of hydrogen-bond acceptors (Lipinski definition) is 2. The fourth-order valence-electron chi connectivity index (χ4n) is 2.06. The van der Waals surface area contributed by atoms with Crippen molar-refractivity contribution in [1.29, 1.82) is 0 Å². The van der Waals surface area contributed by atoms with Gasteiger partial charge in [-0.15, -0.1) is 0 Å². The maximum Gasteiger partial charge on any atom is 0.134 e. The summed E-state index contributed by atoms with van der Waals surface area (Å²) in [5, 5.41) is 0.461. The summed E-state index contributed by atoms with van der Waals surface area (Å²) in [5.74, 6) is -0.933. The number of ether oxygens (including phenoxy) is 1. The predicted octanol–water partition coefficient (Wildman–Crippen LogP) is 3.98. The summed E-state index contributed by atoms with van der Waals surface area (Å²) in [7, 11) is 1.45. The second-order valence-electron chi connectivity index (χ2n) is 4.46. The lowest BCUT2D eigenvalue weighted by molar-refractivity contribution is 0.406. The van der Waals surface area contributed by atoms with Gasteiger partial charge >= 0.3 is 0 Å². The molecule has 20 heavy (non-hydrogen) atoms. The van der Waals surface area contributed by atoms with E-state index in [1.165, 1.54) is 19.2 Å². The van der Waals surface area contributed by atoms with E-state index in [-0.39, 0.29) is 5.56 Å². The van der Waals surface area contributed by atoms with E-state index in [0.717, 1.165) is 0 Å². The summed E-state index contributed by atoms with van der Waals surface area (Å²) in [5.41, 5.74) is 6.65. The fourth-order valence-corrected chi connectivity index (χ4v) is 2.22. The number of benzene rings is 2. The van der Waals surface area contributed by atoms with E-state index in [9.17, 15) is 8.78 Å². The normalized spacial score (nSPS) is 12.3. The van der Waals surface area contributed by atoms with Crippen molar-refractivity contribution in [3.63, 3.8) is 0 Å². The van der Waals surface area contributed by atoms with E-state index in [2.05, 4.69) is 0 Å². The van der Waals surface area contributed by atoms with E-state index in [1.54, 1.807) is 25.1 Å². The molecule has 0 aromatic heterocycles. The Morgan fingerprint density at radius 3 is 2.55 bits per heavy atom. The first-order chi connectivity index (χ1) is 9.45. The zero-order valence-electron chi connectivity index (χ0n) is 11.1. The van der Waals surface area contributed by atoms with Crippen molar-refractivity contribution in [2.45, 2.75) is 13.0 Å². The van der Waals surface area contributed by atoms with Crippen molar-refractivity contribution in [3.8, 4) is 5.75 Å². The molecule has 0 spiro atoms. The van der Waals surface area contributed by atoms with Crippen molar-refractivity contribution in [2.75, 3.05) is 7.11 Å². The van der Waals surface area contributed by atoms with Gasteiger partial charge in [0.15, 0.2) is 0 Å². The largest absolute Gasteiger partial charge is 0.496 e. The van der Waals surface area contributed by atoms with Crippen LogP contribution in [0.4, 0.5) is 8.78 Å². The monoisotopic (exact) mass is 297 g/mol. The first-order valence-electron chi connectivity index (χ1n) is 5.99. The Morgan fingerprint density at radius 2 is 1.90 bits per heavy atom. The lowest BCUT2D eigenvalue weighted by Crippen LogP contribution is -2.17. The number of rotatable bonds is 3. The van der Waals surface area contributed by atoms with Crippen LogP contribution >= 0.6 is 11.6 Å². The molecule has 2 nitrogen and oxygen atoms in total. The van der Waals surface area contributed by atoms with E-state index in [0.29, 0.717) is 21.9 Å². The molecular formula is C15H14ClF2NO. The summed E-state index contributed by atoms with van der Waals surface area (Å²) in [6.45, 7) is 1.56. The third-order valence-corrected chi connectivity index (χ3v) is 3.40. The molecule has 0 saturated heterocycles. The second-order valence-corrected chi connectivity index (χ2v) is 4.89. The molecule has 1 unspecified atom stereocenters. The van der Waals surface area contributed by atoms with Gasteiger partial charge in [-0.05, 0) is 30.7 Å². The van der Waals surface area contributed by atoms with E-state index in [1.807, 2.05) is 0 Å². The van der Waals surface area contributed by atoms with E-state index < -0.39 is 17.7 Å². The van der Waals surface area contributed by atoms with Gasteiger partial charge in [0.25, 0.3) is 0 Å². The van der Waals surface area contributed by atoms with Crippen LogP contribution < -0.4 is 10.5 Å². The molecule has 0 bridgehead atoms. The van der Waals surface area contributed by atoms with Crippen LogP contribution in [0.25, 0.3) is 0 Å². The third-order valence-electron chi connectivity index (χ3n) is 3.16. The van der Waals surface area contributed by atoms with Crippen molar-refractivity contribution in [2.24, 2.45) is 5.73 Å². The van der Waals surface area contributed by atoms with Crippen LogP contribution in [0.15, 0.2) is 30.3 Å². The van der Waals surface area contributed by atoms with Crippen molar-refractivity contribution >= 4 is 11.6 Å². The molecule has 0 fully saturated rings. The molecule has 2 aromatic rings. The highest BCUT2D eigenvalue weighted by molar-refractivity contribution is 6.30. The maximum atomic E-state index is 14.1. The molecule has 2 N–H and O–H groups in total. The maximum absolute atomic E-state index is 14.1. The number of aryl methyl sites for hydroxylation is 1. The number of halogens is 3. The average Bonchev–Trinajstić information content (AvgIpc) is 2.43. The predicted molar refractivity (Wildman–Crippen MR) is 75.1 cm³/mol. The molecule has 0 aliphatic rings. The highest BCUT2D eigenvalue weighted by Crippen LogP contribution is 2.33. The smallest absolute Gasteiger partial charge is 0.134 e. The van der Waals surface area contributed by atoms with Gasteiger partial charge in [0.05, 0.1) is 13.2 Å².